The number of alkyl carbamates (subject to hydrolysis) is 2. The van der Waals surface area contributed by atoms with Gasteiger partial charge in [-0.15, -0.1) is 23.7 Å². The van der Waals surface area contributed by atoms with Crippen LogP contribution in [-0.2, 0) is 19.0 Å². The molecule has 2 saturated carbocycles. The summed E-state index contributed by atoms with van der Waals surface area (Å²) >= 11 is 0. The smallest absolute Gasteiger partial charge is 0.407 e. The number of carbonyl (C=O) groups excluding carboxylic acids is 3. The summed E-state index contributed by atoms with van der Waals surface area (Å²) in [7, 11) is 0. The van der Waals surface area contributed by atoms with Gasteiger partial charge in [-0.3, -0.25) is 0 Å². The minimum Gasteiger partial charge on any atom is -0.464 e. The van der Waals surface area contributed by atoms with Crippen molar-refractivity contribution in [1.82, 2.24) is 10.6 Å². The highest BCUT2D eigenvalue weighted by Crippen LogP contribution is 2.74. The normalized spacial score (nSPS) is 34.8. The maximum absolute atomic E-state index is 12.7. The molecule has 0 aromatic rings. The molecule has 0 aromatic carbocycles. The third-order valence-corrected chi connectivity index (χ3v) is 11.7. The van der Waals surface area contributed by atoms with Crippen molar-refractivity contribution < 1.29 is 28.6 Å². The minimum atomic E-state index is -0.798. The van der Waals surface area contributed by atoms with Crippen molar-refractivity contribution in [2.24, 2.45) is 33.5 Å². The number of esters is 1. The second-order valence-corrected chi connectivity index (χ2v) is 13.6. The summed E-state index contributed by atoms with van der Waals surface area (Å²) < 4.78 is 16.4. The molecule has 8 nitrogen and oxygen atoms in total. The number of carbonyl (C=O) groups is 3. The third kappa shape index (κ3) is 6.53. The van der Waals surface area contributed by atoms with Crippen LogP contribution in [0.2, 0.25) is 0 Å². The van der Waals surface area contributed by atoms with Crippen LogP contribution in [-0.4, -0.2) is 50.6 Å². The van der Waals surface area contributed by atoms with E-state index in [1.54, 1.807) is 6.92 Å². The van der Waals surface area contributed by atoms with Gasteiger partial charge < -0.3 is 24.8 Å². The first-order valence-corrected chi connectivity index (χ1v) is 15.9. The molecule has 4 aliphatic carbocycles. The number of amides is 2. The molecule has 4 aliphatic rings. The quantitative estimate of drug-likeness (QED) is 0.127. The fourth-order valence-electron chi connectivity index (χ4n) is 8.07. The van der Waals surface area contributed by atoms with E-state index in [0.29, 0.717) is 44.9 Å². The Kier molecular flexibility index (Phi) is 10.1. The molecule has 2 N–H and O–H groups in total. The van der Waals surface area contributed by atoms with Gasteiger partial charge >= 0.3 is 18.2 Å². The van der Waals surface area contributed by atoms with E-state index < -0.39 is 24.2 Å². The van der Waals surface area contributed by atoms with E-state index in [-0.39, 0.29) is 34.2 Å². The fourth-order valence-corrected chi connectivity index (χ4v) is 8.07. The second-order valence-electron chi connectivity index (χ2n) is 13.6. The molecule has 8 heteroatoms. The van der Waals surface area contributed by atoms with Crippen molar-refractivity contribution >= 4 is 18.2 Å². The van der Waals surface area contributed by atoms with E-state index in [1.807, 2.05) is 0 Å². The molecule has 1 unspecified atom stereocenters. The van der Waals surface area contributed by atoms with Gasteiger partial charge in [0.25, 0.3) is 0 Å². The first kappa shape index (κ1) is 32.1. The number of unbranched alkanes of at least 4 members (excludes halogenated alkanes) is 1. The lowest BCUT2D eigenvalue weighted by Gasteiger charge is -2.17. The van der Waals surface area contributed by atoms with Crippen molar-refractivity contribution in [2.45, 2.75) is 111 Å². The molecule has 0 saturated heterocycles. The summed E-state index contributed by atoms with van der Waals surface area (Å²) in [5.74, 6) is 13.1. The molecule has 0 aliphatic heterocycles. The standard InChI is InChI=1S/C34H50N2O6/c1-6-40-28(37)25(36-30(39)42-24-27-33(4)20-14-9-10-15-21-34(27,33)5)17-11-16-22-35-29(38)41-23-26-31(2)18-12-7-8-13-19-32(26,31)3/h25-27H,6,11-24H2,1-5H3,(H,35,38)(H,36,39)/t25-,26?,27-,31-,32+,33+,34-/m1/s1. The van der Waals surface area contributed by atoms with Gasteiger partial charge in [-0.05, 0) is 73.5 Å². The van der Waals surface area contributed by atoms with Gasteiger partial charge in [0.1, 0.15) is 6.04 Å². The molecule has 0 spiro atoms. The van der Waals surface area contributed by atoms with Crippen molar-refractivity contribution in [3.63, 3.8) is 0 Å². The Bertz CT molecular complexity index is 1100. The molecular formula is C34H50N2O6. The first-order chi connectivity index (χ1) is 20.0. The number of ether oxygens (including phenoxy) is 3. The summed E-state index contributed by atoms with van der Waals surface area (Å²) in [5, 5.41) is 5.54. The number of hydrogen-bond acceptors (Lipinski definition) is 6. The highest BCUT2D eigenvalue weighted by Gasteiger charge is 2.70. The topological polar surface area (TPSA) is 103 Å². The van der Waals surface area contributed by atoms with Gasteiger partial charge in [0.2, 0.25) is 0 Å². The molecule has 7 atom stereocenters. The highest BCUT2D eigenvalue weighted by atomic mass is 16.6. The molecule has 0 heterocycles. The molecule has 42 heavy (non-hydrogen) atoms. The average Bonchev–Trinajstić information content (AvgIpc) is 3.59. The predicted molar refractivity (Wildman–Crippen MR) is 160 cm³/mol. The van der Waals surface area contributed by atoms with Gasteiger partial charge in [-0.2, -0.15) is 0 Å². The van der Waals surface area contributed by atoms with E-state index in [4.69, 9.17) is 14.2 Å². The maximum atomic E-state index is 12.7. The van der Waals surface area contributed by atoms with Gasteiger partial charge in [0.15, 0.2) is 0 Å². The molecule has 2 amide bonds. The van der Waals surface area contributed by atoms with Gasteiger partial charge in [-0.1, -0.05) is 27.7 Å². The maximum Gasteiger partial charge on any atom is 0.407 e. The Morgan fingerprint density at radius 2 is 1.17 bits per heavy atom. The van der Waals surface area contributed by atoms with Crippen molar-refractivity contribution in [3.05, 3.63) is 0 Å². The Morgan fingerprint density at radius 1 is 0.714 bits per heavy atom. The highest BCUT2D eigenvalue weighted by molar-refractivity contribution is 5.81. The minimum absolute atomic E-state index is 0.123. The molecule has 2 fully saturated rings. The fraction of sp³-hybridized carbons (Fsp3) is 0.794. The lowest BCUT2D eigenvalue weighted by atomic mass is 9.87. The van der Waals surface area contributed by atoms with E-state index >= 15 is 0 Å². The van der Waals surface area contributed by atoms with Crippen LogP contribution < -0.4 is 10.6 Å². The van der Waals surface area contributed by atoms with Crippen molar-refractivity contribution in [3.8, 4) is 23.7 Å². The van der Waals surface area contributed by atoms with Crippen LogP contribution in [0.1, 0.15) is 105 Å². The van der Waals surface area contributed by atoms with Crippen LogP contribution >= 0.6 is 0 Å². The Labute approximate surface area is 252 Å². The van der Waals surface area contributed by atoms with Gasteiger partial charge in [0, 0.05) is 44.1 Å². The van der Waals surface area contributed by atoms with Gasteiger partial charge in [0.05, 0.1) is 19.8 Å². The van der Waals surface area contributed by atoms with Crippen molar-refractivity contribution in [1.29, 1.82) is 0 Å². The number of fused-ring (bicyclic) bond motifs is 2. The molecule has 0 bridgehead atoms. The monoisotopic (exact) mass is 582 g/mol. The lowest BCUT2D eigenvalue weighted by molar-refractivity contribution is -0.145. The molecule has 0 aromatic heterocycles. The van der Waals surface area contributed by atoms with Crippen LogP contribution in [0.5, 0.6) is 0 Å². The number of nitrogens with one attached hydrogen (secondary N) is 2. The van der Waals surface area contributed by atoms with E-state index in [1.165, 1.54) is 0 Å². The van der Waals surface area contributed by atoms with Crippen LogP contribution in [0.25, 0.3) is 0 Å². The zero-order valence-electron chi connectivity index (χ0n) is 26.3. The average molecular weight is 583 g/mol. The first-order valence-electron chi connectivity index (χ1n) is 15.9. The Hall–Kier alpha value is -2.87. The number of hydrogen-bond donors (Lipinski definition) is 2. The van der Waals surface area contributed by atoms with E-state index in [9.17, 15) is 14.4 Å². The molecule has 4 rings (SSSR count). The van der Waals surface area contributed by atoms with Crippen LogP contribution in [0.4, 0.5) is 9.59 Å². The Balaban J connectivity index is 1.14. The number of rotatable bonds is 12. The molecule has 0 radical (unpaired) electrons. The summed E-state index contributed by atoms with van der Waals surface area (Å²) in [5.41, 5.74) is 0.605. The van der Waals surface area contributed by atoms with Crippen LogP contribution in [0, 0.1) is 57.2 Å². The predicted octanol–water partition coefficient (Wildman–Crippen LogP) is 5.98. The lowest BCUT2D eigenvalue weighted by Crippen LogP contribution is -2.42. The summed E-state index contributed by atoms with van der Waals surface area (Å²) in [4.78, 5) is 37.6. The molecular weight excluding hydrogens is 532 g/mol. The summed E-state index contributed by atoms with van der Waals surface area (Å²) in [6.07, 6.45) is 8.30. The largest absolute Gasteiger partial charge is 0.464 e. The Morgan fingerprint density at radius 3 is 1.62 bits per heavy atom. The van der Waals surface area contributed by atoms with E-state index in [0.717, 1.165) is 51.4 Å². The third-order valence-electron chi connectivity index (χ3n) is 11.7. The van der Waals surface area contributed by atoms with Crippen molar-refractivity contribution in [2.75, 3.05) is 26.4 Å². The molecule has 232 valence electrons. The zero-order chi connectivity index (χ0) is 30.4. The van der Waals surface area contributed by atoms with Gasteiger partial charge in [-0.25, -0.2) is 14.4 Å². The SMILES string of the molecule is CCOC(=O)[C@@H](CCCCNC(=O)OCC1[C@]2(C)CCC#CCC[C@]12C)NC(=O)OC[C@@H]1[C@]2(C)CCC#CCC[C@]12C. The zero-order valence-corrected chi connectivity index (χ0v) is 26.3. The van der Waals surface area contributed by atoms with Crippen LogP contribution in [0.3, 0.4) is 0 Å². The van der Waals surface area contributed by atoms with Crippen LogP contribution in [0.15, 0.2) is 0 Å². The second kappa shape index (κ2) is 13.2. The summed E-state index contributed by atoms with van der Waals surface area (Å²) in [6.45, 7) is 12.3. The summed E-state index contributed by atoms with van der Waals surface area (Å²) in [6, 6.07) is -0.798. The van der Waals surface area contributed by atoms with E-state index in [2.05, 4.69) is 62.0 Å².